The van der Waals surface area contributed by atoms with Gasteiger partial charge in [-0.05, 0) is 25.7 Å². The molecule has 0 radical (unpaired) electrons. The molecule has 0 spiro atoms. The first-order valence-electron chi connectivity index (χ1n) is 9.04. The number of aliphatic hydroxyl groups excluding tert-OH is 1. The molecule has 0 aromatic carbocycles. The molecule has 0 aliphatic carbocycles. The molecule has 0 saturated carbocycles. The van der Waals surface area contributed by atoms with Crippen LogP contribution in [0.4, 0.5) is 0 Å². The predicted molar refractivity (Wildman–Crippen MR) is 85.9 cm³/mol. The van der Waals surface area contributed by atoms with Crippen LogP contribution in [0.2, 0.25) is 0 Å². The summed E-state index contributed by atoms with van der Waals surface area (Å²) >= 11 is 0. The molecule has 0 bridgehead atoms. The summed E-state index contributed by atoms with van der Waals surface area (Å²) in [6, 6.07) is 0. The van der Waals surface area contributed by atoms with Crippen molar-refractivity contribution in [3.05, 3.63) is 0 Å². The summed E-state index contributed by atoms with van der Waals surface area (Å²) in [7, 11) is 0. The number of carbonyl (C=O) groups excluding carboxylic acids is 1. The predicted octanol–water partition coefficient (Wildman–Crippen LogP) is 0.973. The van der Waals surface area contributed by atoms with E-state index in [1.54, 1.807) is 0 Å². The Kier molecular flexibility index (Phi) is 23.1. The summed E-state index contributed by atoms with van der Waals surface area (Å²) in [4.78, 5) is 10.2. The van der Waals surface area contributed by atoms with E-state index in [9.17, 15) is 15.0 Å². The largest absolute Gasteiger partial charge is 1.00 e. The number of carbonyl (C=O) groups is 1. The molecular formula is C18H35KO3. The van der Waals surface area contributed by atoms with E-state index < -0.39 is 5.97 Å². The van der Waals surface area contributed by atoms with Gasteiger partial charge in [-0.25, -0.2) is 0 Å². The van der Waals surface area contributed by atoms with Crippen LogP contribution in [-0.4, -0.2) is 17.2 Å². The summed E-state index contributed by atoms with van der Waals surface area (Å²) in [5.41, 5.74) is 0. The fourth-order valence-electron chi connectivity index (χ4n) is 2.62. The topological polar surface area (TPSA) is 60.4 Å². The third-order valence-corrected chi connectivity index (χ3v) is 4.14. The van der Waals surface area contributed by atoms with Gasteiger partial charge in [-0.15, -0.1) is 0 Å². The molecule has 0 aromatic heterocycles. The standard InChI is InChI=1S/C18H36O3.K/c1-2-17(19)15-13-11-9-7-5-3-4-6-8-10-12-14-16-18(20)21;/h17,19H,2-16H2,1H3,(H,20,21);/q;+1/p-1. The van der Waals surface area contributed by atoms with Gasteiger partial charge in [-0.1, -0.05) is 77.6 Å². The van der Waals surface area contributed by atoms with Gasteiger partial charge in [0.2, 0.25) is 0 Å². The SMILES string of the molecule is CCC(O)CCCCCCCCCCCCCCC(=O)[O-].[K+]. The van der Waals surface area contributed by atoms with E-state index in [1.165, 1.54) is 57.8 Å². The summed E-state index contributed by atoms with van der Waals surface area (Å²) in [6.07, 6.45) is 16.5. The van der Waals surface area contributed by atoms with Crippen LogP contribution in [0, 0.1) is 0 Å². The second-order valence-electron chi connectivity index (χ2n) is 6.22. The van der Waals surface area contributed by atoms with Gasteiger partial charge in [0.1, 0.15) is 0 Å². The van der Waals surface area contributed by atoms with Gasteiger partial charge < -0.3 is 15.0 Å². The van der Waals surface area contributed by atoms with Crippen molar-refractivity contribution in [2.75, 3.05) is 0 Å². The monoisotopic (exact) mass is 338 g/mol. The molecular weight excluding hydrogens is 303 g/mol. The van der Waals surface area contributed by atoms with E-state index in [-0.39, 0.29) is 63.9 Å². The van der Waals surface area contributed by atoms with E-state index in [2.05, 4.69) is 0 Å². The molecule has 0 aliphatic rings. The Morgan fingerprint density at radius 2 is 1.18 bits per heavy atom. The normalized spacial score (nSPS) is 11.9. The van der Waals surface area contributed by atoms with Crippen LogP contribution in [0.15, 0.2) is 0 Å². The molecule has 0 amide bonds. The average molecular weight is 339 g/mol. The minimum atomic E-state index is -0.917. The van der Waals surface area contributed by atoms with Crippen molar-refractivity contribution in [2.45, 2.75) is 109 Å². The summed E-state index contributed by atoms with van der Waals surface area (Å²) in [5, 5.41) is 19.7. The molecule has 0 saturated heterocycles. The Bertz CT molecular complexity index is 234. The zero-order valence-corrected chi connectivity index (χ0v) is 18.1. The molecule has 0 aromatic rings. The maximum atomic E-state index is 10.2. The van der Waals surface area contributed by atoms with Crippen molar-refractivity contribution in [3.8, 4) is 0 Å². The number of aliphatic carboxylic acids is 1. The quantitative estimate of drug-likeness (QED) is 0.337. The van der Waals surface area contributed by atoms with Gasteiger partial charge in [-0.2, -0.15) is 0 Å². The Morgan fingerprint density at radius 3 is 1.55 bits per heavy atom. The first-order chi connectivity index (χ1) is 10.2. The van der Waals surface area contributed by atoms with E-state index in [1.807, 2.05) is 6.92 Å². The van der Waals surface area contributed by atoms with Gasteiger partial charge in [-0.3, -0.25) is 0 Å². The van der Waals surface area contributed by atoms with Crippen molar-refractivity contribution in [1.82, 2.24) is 0 Å². The third-order valence-electron chi connectivity index (χ3n) is 4.14. The van der Waals surface area contributed by atoms with Crippen LogP contribution < -0.4 is 56.5 Å². The fraction of sp³-hybridized carbons (Fsp3) is 0.944. The van der Waals surface area contributed by atoms with Gasteiger partial charge in [0.05, 0.1) is 6.10 Å². The molecule has 1 N–H and O–H groups in total. The maximum Gasteiger partial charge on any atom is 1.00 e. The van der Waals surface area contributed by atoms with Gasteiger partial charge in [0.15, 0.2) is 0 Å². The average Bonchev–Trinajstić information content (AvgIpc) is 2.46. The number of hydrogen-bond donors (Lipinski definition) is 1. The van der Waals surface area contributed by atoms with Crippen LogP contribution in [-0.2, 0) is 4.79 Å². The van der Waals surface area contributed by atoms with Crippen LogP contribution in [0.3, 0.4) is 0 Å². The van der Waals surface area contributed by atoms with Crippen molar-refractivity contribution >= 4 is 5.97 Å². The number of hydrogen-bond acceptors (Lipinski definition) is 3. The zero-order valence-electron chi connectivity index (χ0n) is 14.9. The summed E-state index contributed by atoms with van der Waals surface area (Å²) < 4.78 is 0. The zero-order chi connectivity index (χ0) is 15.8. The molecule has 0 fully saturated rings. The van der Waals surface area contributed by atoms with E-state index in [0.29, 0.717) is 0 Å². The van der Waals surface area contributed by atoms with Gasteiger partial charge in [0, 0.05) is 5.97 Å². The van der Waals surface area contributed by atoms with E-state index >= 15 is 0 Å². The van der Waals surface area contributed by atoms with E-state index in [0.717, 1.165) is 32.1 Å². The number of carboxylic acid groups (broad SMARTS) is 1. The second-order valence-corrected chi connectivity index (χ2v) is 6.22. The number of carboxylic acids is 1. The minimum Gasteiger partial charge on any atom is -0.550 e. The number of rotatable bonds is 16. The molecule has 3 nitrogen and oxygen atoms in total. The van der Waals surface area contributed by atoms with Crippen molar-refractivity contribution < 1.29 is 66.4 Å². The van der Waals surface area contributed by atoms with Crippen LogP contribution in [0.5, 0.6) is 0 Å². The van der Waals surface area contributed by atoms with Gasteiger partial charge >= 0.3 is 51.4 Å². The molecule has 0 rings (SSSR count). The van der Waals surface area contributed by atoms with Gasteiger partial charge in [0.25, 0.3) is 0 Å². The molecule has 22 heavy (non-hydrogen) atoms. The molecule has 4 heteroatoms. The third kappa shape index (κ3) is 21.1. The Morgan fingerprint density at radius 1 is 0.818 bits per heavy atom. The molecule has 0 heterocycles. The Balaban J connectivity index is 0. The van der Waals surface area contributed by atoms with Crippen molar-refractivity contribution in [3.63, 3.8) is 0 Å². The second kappa shape index (κ2) is 20.1. The van der Waals surface area contributed by atoms with Crippen LogP contribution in [0.25, 0.3) is 0 Å². The minimum absolute atomic E-state index is 0. The van der Waals surface area contributed by atoms with Crippen LogP contribution >= 0.6 is 0 Å². The van der Waals surface area contributed by atoms with Crippen LogP contribution in [0.1, 0.15) is 103 Å². The number of aliphatic hydroxyl groups is 1. The van der Waals surface area contributed by atoms with Crippen molar-refractivity contribution in [1.29, 1.82) is 0 Å². The molecule has 1 atom stereocenters. The maximum absolute atomic E-state index is 10.2. The number of unbranched alkanes of at least 4 members (excludes halogenated alkanes) is 11. The first-order valence-corrected chi connectivity index (χ1v) is 9.04. The smallest absolute Gasteiger partial charge is 0.550 e. The molecule has 1 unspecified atom stereocenters. The summed E-state index contributed by atoms with van der Waals surface area (Å²) in [6.45, 7) is 2.04. The Hall–Kier alpha value is 1.07. The van der Waals surface area contributed by atoms with E-state index in [4.69, 9.17) is 0 Å². The molecule has 0 aliphatic heterocycles. The first kappa shape index (κ1) is 25.3. The Labute approximate surface area is 180 Å². The fourth-order valence-corrected chi connectivity index (χ4v) is 2.62. The molecule has 126 valence electrons. The summed E-state index contributed by atoms with van der Waals surface area (Å²) in [5.74, 6) is -0.917. The van der Waals surface area contributed by atoms with Crippen molar-refractivity contribution in [2.24, 2.45) is 0 Å².